The summed E-state index contributed by atoms with van der Waals surface area (Å²) in [5, 5.41) is 2.91. The summed E-state index contributed by atoms with van der Waals surface area (Å²) in [5.41, 5.74) is 0.637. The van der Waals surface area contributed by atoms with Crippen LogP contribution in [0, 0.1) is 0 Å². The number of amides is 1. The van der Waals surface area contributed by atoms with Gasteiger partial charge in [0.15, 0.2) is 0 Å². The number of carbonyl (C=O) groups is 1. The molecule has 1 aromatic rings. The van der Waals surface area contributed by atoms with E-state index in [0.29, 0.717) is 18.8 Å². The topological polar surface area (TPSA) is 41.6 Å². The lowest BCUT2D eigenvalue weighted by Gasteiger charge is -2.22. The summed E-state index contributed by atoms with van der Waals surface area (Å²) in [6.45, 7) is 0.304. The van der Waals surface area contributed by atoms with Crippen molar-refractivity contribution in [1.82, 2.24) is 5.32 Å². The summed E-state index contributed by atoms with van der Waals surface area (Å²) < 4.78 is 29.5. The third kappa shape index (κ3) is 4.25. The molecule has 1 aromatic carbocycles. The minimum Gasteiger partial charge on any atom is -0.433 e. The smallest absolute Gasteiger partial charge is 0.387 e. The van der Waals surface area contributed by atoms with Crippen LogP contribution in [0.4, 0.5) is 14.5 Å². The van der Waals surface area contributed by atoms with Gasteiger partial charge >= 0.3 is 6.61 Å². The quantitative estimate of drug-likeness (QED) is 0.871. The van der Waals surface area contributed by atoms with Gasteiger partial charge in [-0.2, -0.15) is 20.5 Å². The Morgan fingerprint density at radius 2 is 2.18 bits per heavy atom. The number of rotatable bonds is 6. The predicted octanol–water partition coefficient (Wildman–Crippen LogP) is 2.73. The van der Waals surface area contributed by atoms with Crippen molar-refractivity contribution in [1.29, 1.82) is 0 Å². The molecule has 1 heterocycles. The van der Waals surface area contributed by atoms with Crippen molar-refractivity contribution >= 4 is 23.4 Å². The van der Waals surface area contributed by atoms with E-state index in [1.54, 1.807) is 18.2 Å². The highest BCUT2D eigenvalue weighted by atomic mass is 32.2. The van der Waals surface area contributed by atoms with Gasteiger partial charge in [-0.25, -0.2) is 0 Å². The Morgan fingerprint density at radius 3 is 2.86 bits per heavy atom. The highest BCUT2D eigenvalue weighted by Gasteiger charge is 2.27. The Morgan fingerprint density at radius 1 is 1.45 bits per heavy atom. The van der Waals surface area contributed by atoms with Gasteiger partial charge in [0.05, 0.1) is 10.9 Å². The van der Waals surface area contributed by atoms with Gasteiger partial charge in [-0.3, -0.25) is 4.79 Å². The van der Waals surface area contributed by atoms with Gasteiger partial charge in [0.1, 0.15) is 5.75 Å². The van der Waals surface area contributed by atoms with Gasteiger partial charge in [0, 0.05) is 19.1 Å². The second kappa shape index (κ2) is 7.67. The molecule has 0 radical (unpaired) electrons. The molecule has 22 heavy (non-hydrogen) atoms. The van der Waals surface area contributed by atoms with Crippen LogP contribution in [0.2, 0.25) is 0 Å². The SMILES string of the molecule is CS[C@H](C)C(=O)N[C@H]1CCN(c2ccccc2OC(F)F)C1. The lowest BCUT2D eigenvalue weighted by molar-refractivity contribution is -0.120. The molecule has 1 amide bonds. The number of halogens is 2. The molecule has 4 nitrogen and oxygen atoms in total. The zero-order chi connectivity index (χ0) is 16.1. The van der Waals surface area contributed by atoms with Crippen molar-refractivity contribution in [3.8, 4) is 5.75 Å². The second-order valence-corrected chi connectivity index (χ2v) is 6.34. The Labute approximate surface area is 133 Å². The fourth-order valence-corrected chi connectivity index (χ4v) is 2.72. The Balaban J connectivity index is 2.00. The zero-order valence-corrected chi connectivity index (χ0v) is 13.4. The third-order valence-electron chi connectivity index (χ3n) is 3.68. The van der Waals surface area contributed by atoms with Crippen molar-refractivity contribution in [2.75, 3.05) is 24.2 Å². The number of nitrogens with zero attached hydrogens (tertiary/aromatic N) is 1. The minimum absolute atomic E-state index is 0.0106. The molecule has 0 aromatic heterocycles. The molecular weight excluding hydrogens is 310 g/mol. The summed E-state index contributed by atoms with van der Waals surface area (Å²) in [6.07, 6.45) is 2.68. The van der Waals surface area contributed by atoms with Crippen LogP contribution in [0.5, 0.6) is 5.75 Å². The summed E-state index contributed by atoms with van der Waals surface area (Å²) in [4.78, 5) is 13.9. The molecule has 0 aliphatic carbocycles. The molecule has 1 fully saturated rings. The van der Waals surface area contributed by atoms with Crippen molar-refractivity contribution in [2.45, 2.75) is 31.2 Å². The van der Waals surface area contributed by atoms with E-state index < -0.39 is 6.61 Å². The molecule has 0 saturated carbocycles. The Hall–Kier alpha value is -1.50. The lowest BCUT2D eigenvalue weighted by atomic mass is 10.2. The van der Waals surface area contributed by atoms with E-state index in [9.17, 15) is 13.6 Å². The number of thioether (sulfide) groups is 1. The largest absolute Gasteiger partial charge is 0.433 e. The lowest BCUT2D eigenvalue weighted by Crippen LogP contribution is -2.40. The molecular formula is C15H20F2N2O2S. The van der Waals surface area contributed by atoms with Crippen molar-refractivity contribution < 1.29 is 18.3 Å². The van der Waals surface area contributed by atoms with Gasteiger partial charge in [-0.1, -0.05) is 12.1 Å². The molecule has 1 saturated heterocycles. The summed E-state index contributed by atoms with van der Waals surface area (Å²) in [7, 11) is 0. The first-order chi connectivity index (χ1) is 10.5. The maximum atomic E-state index is 12.5. The molecule has 2 rings (SSSR count). The maximum Gasteiger partial charge on any atom is 0.387 e. The molecule has 1 aliphatic heterocycles. The molecule has 0 unspecified atom stereocenters. The molecule has 0 bridgehead atoms. The maximum absolute atomic E-state index is 12.5. The number of ether oxygens (including phenoxy) is 1. The molecule has 122 valence electrons. The van der Waals surface area contributed by atoms with Crippen LogP contribution in [-0.4, -0.2) is 43.2 Å². The van der Waals surface area contributed by atoms with E-state index in [-0.39, 0.29) is 22.9 Å². The minimum atomic E-state index is -2.85. The van der Waals surface area contributed by atoms with Crippen molar-refractivity contribution in [2.24, 2.45) is 0 Å². The van der Waals surface area contributed by atoms with E-state index >= 15 is 0 Å². The van der Waals surface area contributed by atoms with Gasteiger partial charge in [0.2, 0.25) is 5.91 Å². The van der Waals surface area contributed by atoms with Gasteiger partial charge in [0.25, 0.3) is 0 Å². The highest BCUT2D eigenvalue weighted by Crippen LogP contribution is 2.31. The summed E-state index contributed by atoms with van der Waals surface area (Å²) in [6, 6.07) is 6.77. The number of carbonyl (C=O) groups excluding carboxylic acids is 1. The normalized spacial score (nSPS) is 19.3. The van der Waals surface area contributed by atoms with E-state index in [2.05, 4.69) is 10.1 Å². The number of nitrogens with one attached hydrogen (secondary N) is 1. The number of hydrogen-bond donors (Lipinski definition) is 1. The number of benzene rings is 1. The number of hydrogen-bond acceptors (Lipinski definition) is 4. The van der Waals surface area contributed by atoms with Crippen LogP contribution in [-0.2, 0) is 4.79 Å². The van der Waals surface area contributed by atoms with Crippen LogP contribution < -0.4 is 15.0 Å². The van der Waals surface area contributed by atoms with Crippen molar-refractivity contribution in [3.63, 3.8) is 0 Å². The van der Waals surface area contributed by atoms with E-state index in [1.165, 1.54) is 17.8 Å². The zero-order valence-electron chi connectivity index (χ0n) is 12.6. The Kier molecular flexibility index (Phi) is 5.88. The molecule has 2 atom stereocenters. The van der Waals surface area contributed by atoms with Crippen LogP contribution in [0.1, 0.15) is 13.3 Å². The molecule has 7 heteroatoms. The van der Waals surface area contributed by atoms with Gasteiger partial charge in [-0.15, -0.1) is 0 Å². The monoisotopic (exact) mass is 330 g/mol. The first-order valence-corrected chi connectivity index (χ1v) is 8.42. The Bertz CT molecular complexity index is 516. The average molecular weight is 330 g/mol. The summed E-state index contributed by atoms with van der Waals surface area (Å²) in [5.74, 6) is 0.179. The van der Waals surface area contributed by atoms with E-state index in [1.807, 2.05) is 18.1 Å². The first kappa shape index (κ1) is 16.9. The summed E-state index contributed by atoms with van der Waals surface area (Å²) >= 11 is 1.49. The highest BCUT2D eigenvalue weighted by molar-refractivity contribution is 7.99. The molecule has 1 N–H and O–H groups in total. The fourth-order valence-electron chi connectivity index (χ4n) is 2.44. The first-order valence-electron chi connectivity index (χ1n) is 7.13. The standard InChI is InChI=1S/C15H20F2N2O2S/c1-10(22-2)14(20)18-11-7-8-19(9-11)12-5-3-4-6-13(12)21-15(16)17/h3-6,10-11,15H,7-9H2,1-2H3,(H,18,20)/t10-,11+/m1/s1. The van der Waals surface area contributed by atoms with Crippen molar-refractivity contribution in [3.05, 3.63) is 24.3 Å². The van der Waals surface area contributed by atoms with Gasteiger partial charge in [-0.05, 0) is 31.7 Å². The van der Waals surface area contributed by atoms with Crippen LogP contribution in [0.25, 0.3) is 0 Å². The van der Waals surface area contributed by atoms with Gasteiger partial charge < -0.3 is 15.0 Å². The fraction of sp³-hybridized carbons (Fsp3) is 0.533. The molecule has 1 aliphatic rings. The van der Waals surface area contributed by atoms with Crippen LogP contribution >= 0.6 is 11.8 Å². The van der Waals surface area contributed by atoms with Crippen LogP contribution in [0.3, 0.4) is 0 Å². The number of anilines is 1. The number of para-hydroxylation sites is 2. The average Bonchev–Trinajstić information content (AvgIpc) is 2.94. The number of alkyl halides is 2. The third-order valence-corrected chi connectivity index (χ3v) is 4.60. The molecule has 0 spiro atoms. The van der Waals surface area contributed by atoms with E-state index in [0.717, 1.165) is 6.42 Å². The second-order valence-electron chi connectivity index (χ2n) is 5.16. The predicted molar refractivity (Wildman–Crippen MR) is 84.8 cm³/mol. The van der Waals surface area contributed by atoms with Crippen LogP contribution in [0.15, 0.2) is 24.3 Å². The van der Waals surface area contributed by atoms with E-state index in [4.69, 9.17) is 0 Å².